The van der Waals surface area contributed by atoms with Crippen LogP contribution < -0.4 is 9.47 Å². The Kier molecular flexibility index (Phi) is 7.63. The van der Waals surface area contributed by atoms with Gasteiger partial charge in [-0.1, -0.05) is 64.4 Å². The zero-order valence-electron chi connectivity index (χ0n) is 22.4. The molecule has 0 aliphatic heterocycles. The molecule has 1 fully saturated rings. The average Bonchev–Trinajstić information content (AvgIpc) is 3.21. The molecule has 0 bridgehead atoms. The molecular formula is C32H37FO4. The van der Waals surface area contributed by atoms with Gasteiger partial charge in [0, 0.05) is 11.0 Å². The van der Waals surface area contributed by atoms with Crippen molar-refractivity contribution in [3.8, 4) is 22.6 Å². The molecule has 0 unspecified atom stereocenters. The van der Waals surface area contributed by atoms with E-state index in [1.165, 1.54) is 6.07 Å². The molecule has 0 heterocycles. The van der Waals surface area contributed by atoms with Gasteiger partial charge in [-0.05, 0) is 76.8 Å². The van der Waals surface area contributed by atoms with Gasteiger partial charge in [0.05, 0.1) is 13.5 Å². The molecule has 0 amide bonds. The number of hydrogen-bond donors (Lipinski definition) is 1. The van der Waals surface area contributed by atoms with Crippen molar-refractivity contribution in [2.45, 2.75) is 71.3 Å². The molecule has 3 aromatic carbocycles. The largest absolute Gasteiger partial charge is 0.497 e. The van der Waals surface area contributed by atoms with Crippen molar-refractivity contribution in [1.82, 2.24) is 0 Å². The van der Waals surface area contributed by atoms with Crippen molar-refractivity contribution in [3.63, 3.8) is 0 Å². The van der Waals surface area contributed by atoms with Gasteiger partial charge in [-0.25, -0.2) is 4.39 Å². The van der Waals surface area contributed by atoms with Crippen molar-refractivity contribution < 1.29 is 23.8 Å². The van der Waals surface area contributed by atoms with E-state index in [-0.39, 0.29) is 17.7 Å². The molecule has 1 atom stereocenters. The number of aliphatic carboxylic acids is 1. The molecule has 1 aliphatic carbocycles. The van der Waals surface area contributed by atoms with Gasteiger partial charge < -0.3 is 14.6 Å². The average molecular weight is 505 g/mol. The van der Waals surface area contributed by atoms with Crippen LogP contribution in [0, 0.1) is 11.2 Å². The van der Waals surface area contributed by atoms with Gasteiger partial charge in [0.15, 0.2) is 0 Å². The summed E-state index contributed by atoms with van der Waals surface area (Å²) in [5.41, 5.74) is 4.15. The minimum atomic E-state index is -0.828. The Morgan fingerprint density at radius 1 is 1.05 bits per heavy atom. The highest BCUT2D eigenvalue weighted by Gasteiger charge is 2.37. The standard InChI is InChI=1S/C32H37FO4/c1-31(2)15-7-10-28(31)26-16-21(11-13-25(26)27-18-23(36-5)12-14-29(27)33)20-37-24-9-6-8-22(17-24)32(3,4)19-30(34)35/h6,8-9,11-14,16-18,28H,7,10,15,19-20H2,1-5H3,(H,34,35)/t28-/m0/s1. The van der Waals surface area contributed by atoms with Gasteiger partial charge in [-0.3, -0.25) is 4.79 Å². The number of carboxylic acids is 1. The van der Waals surface area contributed by atoms with Gasteiger partial charge in [0.2, 0.25) is 0 Å². The predicted molar refractivity (Wildman–Crippen MR) is 145 cm³/mol. The Morgan fingerprint density at radius 2 is 1.84 bits per heavy atom. The minimum Gasteiger partial charge on any atom is -0.497 e. The number of benzene rings is 3. The number of carboxylic acid groups (broad SMARTS) is 1. The fraction of sp³-hybridized carbons (Fsp3) is 0.406. The second kappa shape index (κ2) is 10.6. The molecule has 1 N–H and O–H groups in total. The highest BCUT2D eigenvalue weighted by atomic mass is 19.1. The third-order valence-corrected chi connectivity index (χ3v) is 7.83. The fourth-order valence-electron chi connectivity index (χ4n) is 5.63. The Morgan fingerprint density at radius 3 is 2.51 bits per heavy atom. The Hall–Kier alpha value is -3.34. The van der Waals surface area contributed by atoms with Crippen LogP contribution in [0.2, 0.25) is 0 Å². The SMILES string of the molecule is COc1ccc(F)c(-c2ccc(COc3cccc(C(C)(C)CC(=O)O)c3)cc2[C@@H]2CCCC2(C)C)c1. The van der Waals surface area contributed by atoms with Gasteiger partial charge in [0.25, 0.3) is 0 Å². The highest BCUT2D eigenvalue weighted by Crippen LogP contribution is 2.51. The van der Waals surface area contributed by atoms with Crippen molar-refractivity contribution in [2.24, 2.45) is 5.41 Å². The number of carbonyl (C=O) groups is 1. The third-order valence-electron chi connectivity index (χ3n) is 7.83. The Bertz CT molecular complexity index is 1280. The van der Waals surface area contributed by atoms with Crippen molar-refractivity contribution in [2.75, 3.05) is 7.11 Å². The topological polar surface area (TPSA) is 55.8 Å². The van der Waals surface area contributed by atoms with Crippen LogP contribution in [0.3, 0.4) is 0 Å². The maximum absolute atomic E-state index is 15.0. The molecule has 37 heavy (non-hydrogen) atoms. The summed E-state index contributed by atoms with van der Waals surface area (Å²) in [6.07, 6.45) is 3.39. The van der Waals surface area contributed by atoms with E-state index in [1.807, 2.05) is 50.2 Å². The van der Waals surface area contributed by atoms with Crippen LogP contribution in [0.5, 0.6) is 11.5 Å². The first kappa shape index (κ1) is 26.7. The van der Waals surface area contributed by atoms with Crippen LogP contribution in [0.1, 0.15) is 76.0 Å². The summed E-state index contributed by atoms with van der Waals surface area (Å²) in [6, 6.07) is 18.7. The van der Waals surface area contributed by atoms with E-state index in [4.69, 9.17) is 9.47 Å². The molecule has 5 heteroatoms. The van der Waals surface area contributed by atoms with E-state index in [0.717, 1.165) is 41.5 Å². The summed E-state index contributed by atoms with van der Waals surface area (Å²) in [4.78, 5) is 11.3. The van der Waals surface area contributed by atoms with Crippen LogP contribution >= 0.6 is 0 Å². The van der Waals surface area contributed by atoms with E-state index in [0.29, 0.717) is 29.6 Å². The number of hydrogen-bond acceptors (Lipinski definition) is 3. The summed E-state index contributed by atoms with van der Waals surface area (Å²) in [5.74, 6) is 0.551. The minimum absolute atomic E-state index is 0.0410. The number of halogens is 1. The summed E-state index contributed by atoms with van der Waals surface area (Å²) in [7, 11) is 1.59. The lowest BCUT2D eigenvalue weighted by Gasteiger charge is -2.30. The predicted octanol–water partition coefficient (Wildman–Crippen LogP) is 8.13. The van der Waals surface area contributed by atoms with E-state index < -0.39 is 11.4 Å². The van der Waals surface area contributed by atoms with Crippen LogP contribution in [0.4, 0.5) is 4.39 Å². The van der Waals surface area contributed by atoms with Crippen LogP contribution in [0.25, 0.3) is 11.1 Å². The summed E-state index contributed by atoms with van der Waals surface area (Å²) < 4.78 is 26.6. The van der Waals surface area contributed by atoms with E-state index in [2.05, 4.69) is 19.9 Å². The first-order valence-corrected chi connectivity index (χ1v) is 12.9. The molecule has 0 radical (unpaired) electrons. The van der Waals surface area contributed by atoms with Crippen LogP contribution in [-0.4, -0.2) is 18.2 Å². The van der Waals surface area contributed by atoms with Crippen LogP contribution in [0.15, 0.2) is 60.7 Å². The van der Waals surface area contributed by atoms with Gasteiger partial charge >= 0.3 is 5.97 Å². The molecule has 0 saturated heterocycles. The Labute approximate surface area is 219 Å². The van der Waals surface area contributed by atoms with E-state index in [9.17, 15) is 9.90 Å². The fourth-order valence-corrected chi connectivity index (χ4v) is 5.63. The molecule has 1 saturated carbocycles. The van der Waals surface area contributed by atoms with Crippen LogP contribution in [-0.2, 0) is 16.8 Å². The van der Waals surface area contributed by atoms with Crippen molar-refractivity contribution in [1.29, 1.82) is 0 Å². The normalized spacial score (nSPS) is 17.0. The quantitative estimate of drug-likeness (QED) is 0.320. The zero-order valence-corrected chi connectivity index (χ0v) is 22.4. The lowest BCUT2D eigenvalue weighted by atomic mass is 9.75. The molecule has 196 valence electrons. The summed E-state index contributed by atoms with van der Waals surface area (Å²) in [6.45, 7) is 8.80. The van der Waals surface area contributed by atoms with E-state index >= 15 is 4.39 Å². The summed E-state index contributed by atoms with van der Waals surface area (Å²) >= 11 is 0. The smallest absolute Gasteiger partial charge is 0.304 e. The monoisotopic (exact) mass is 504 g/mol. The van der Waals surface area contributed by atoms with Gasteiger partial charge in [0.1, 0.15) is 23.9 Å². The number of rotatable bonds is 9. The van der Waals surface area contributed by atoms with Crippen molar-refractivity contribution in [3.05, 3.63) is 83.2 Å². The molecule has 4 nitrogen and oxygen atoms in total. The van der Waals surface area contributed by atoms with Gasteiger partial charge in [-0.2, -0.15) is 0 Å². The van der Waals surface area contributed by atoms with E-state index in [1.54, 1.807) is 19.2 Å². The second-order valence-corrected chi connectivity index (χ2v) is 11.5. The molecule has 0 spiro atoms. The molecular weight excluding hydrogens is 467 g/mol. The lowest BCUT2D eigenvalue weighted by Crippen LogP contribution is -2.21. The highest BCUT2D eigenvalue weighted by molar-refractivity contribution is 5.71. The zero-order chi connectivity index (χ0) is 26.8. The first-order chi connectivity index (χ1) is 17.5. The first-order valence-electron chi connectivity index (χ1n) is 12.9. The van der Waals surface area contributed by atoms with Gasteiger partial charge in [-0.15, -0.1) is 0 Å². The molecule has 3 aromatic rings. The number of methoxy groups -OCH3 is 1. The maximum atomic E-state index is 15.0. The van der Waals surface area contributed by atoms with Crippen molar-refractivity contribution >= 4 is 5.97 Å². The molecule has 1 aliphatic rings. The Balaban J connectivity index is 1.65. The maximum Gasteiger partial charge on any atom is 0.304 e. The molecule has 4 rings (SSSR count). The summed E-state index contributed by atoms with van der Waals surface area (Å²) in [5, 5.41) is 9.27. The second-order valence-electron chi connectivity index (χ2n) is 11.5. The molecule has 0 aromatic heterocycles. The third kappa shape index (κ3) is 5.98. The lowest BCUT2D eigenvalue weighted by molar-refractivity contribution is -0.138. The number of ether oxygens (including phenoxy) is 2.